The molecular weight excluding hydrogens is 372 g/mol. The van der Waals surface area contributed by atoms with E-state index in [1.54, 1.807) is 23.7 Å². The average Bonchev–Trinajstić information content (AvgIpc) is 3.04. The first kappa shape index (κ1) is 23.0. The first-order chi connectivity index (χ1) is 13.6. The van der Waals surface area contributed by atoms with Crippen LogP contribution in [0.1, 0.15) is 84.5 Å². The number of hydrogen-bond donors (Lipinski definition) is 1. The zero-order chi connectivity index (χ0) is 20.4. The summed E-state index contributed by atoms with van der Waals surface area (Å²) in [4.78, 5) is 33.0. The Morgan fingerprint density at radius 1 is 0.929 bits per heavy atom. The Hall–Kier alpha value is -1.24. The molecule has 0 saturated carbocycles. The van der Waals surface area contributed by atoms with E-state index >= 15 is 0 Å². The highest BCUT2D eigenvalue weighted by molar-refractivity contribution is 8.13. The molecule has 2 rings (SSSR count). The van der Waals surface area contributed by atoms with Crippen molar-refractivity contribution in [2.24, 2.45) is 4.99 Å². The number of amidine groups is 1. The first-order valence-electron chi connectivity index (χ1n) is 11.1. The quantitative estimate of drug-likeness (QED) is 0.451. The molecule has 0 bridgehead atoms. The molecule has 2 heterocycles. The van der Waals surface area contributed by atoms with Crippen LogP contribution in [0.25, 0.3) is 0 Å². The van der Waals surface area contributed by atoms with E-state index in [1.165, 1.54) is 57.8 Å². The van der Waals surface area contributed by atoms with E-state index in [0.717, 1.165) is 30.3 Å². The van der Waals surface area contributed by atoms with Crippen molar-refractivity contribution in [3.05, 3.63) is 0 Å². The molecule has 6 nitrogen and oxygen atoms in total. The molecule has 2 aliphatic heterocycles. The monoisotopic (exact) mass is 410 g/mol. The van der Waals surface area contributed by atoms with Gasteiger partial charge in [-0.05, 0) is 12.8 Å². The summed E-state index contributed by atoms with van der Waals surface area (Å²) in [6.45, 7) is 5.28. The lowest BCUT2D eigenvalue weighted by Crippen LogP contribution is -2.63. The van der Waals surface area contributed by atoms with Crippen molar-refractivity contribution in [1.29, 1.82) is 0 Å². The van der Waals surface area contributed by atoms with Crippen LogP contribution in [-0.4, -0.2) is 58.5 Å². The van der Waals surface area contributed by atoms with Gasteiger partial charge in [0, 0.05) is 19.3 Å². The van der Waals surface area contributed by atoms with Crippen LogP contribution in [-0.2, 0) is 4.79 Å². The van der Waals surface area contributed by atoms with E-state index in [-0.39, 0.29) is 24.1 Å². The van der Waals surface area contributed by atoms with Gasteiger partial charge in [0.15, 0.2) is 17.4 Å². The SMILES string of the molecule is CCCCCCCCCCN1C(SCCCCC)=NC2C1C(=O)NC(=O)N2C. The molecule has 3 amide bonds. The number of likely N-dealkylation sites (N-methyl/N-ethyl adjacent to an activating group) is 1. The number of nitrogens with zero attached hydrogens (tertiary/aromatic N) is 3. The van der Waals surface area contributed by atoms with Crippen LogP contribution in [0.2, 0.25) is 0 Å². The second-order valence-electron chi connectivity index (χ2n) is 7.90. The lowest BCUT2D eigenvalue weighted by molar-refractivity contribution is -0.127. The van der Waals surface area contributed by atoms with Crippen molar-refractivity contribution in [2.45, 2.75) is 96.7 Å². The second-order valence-corrected chi connectivity index (χ2v) is 8.96. The fourth-order valence-corrected chi connectivity index (χ4v) is 4.87. The smallest absolute Gasteiger partial charge is 0.325 e. The number of imide groups is 1. The van der Waals surface area contributed by atoms with Gasteiger partial charge in [0.05, 0.1) is 0 Å². The van der Waals surface area contributed by atoms with Gasteiger partial charge in [-0.1, -0.05) is 83.4 Å². The third kappa shape index (κ3) is 6.39. The number of rotatable bonds is 13. The molecule has 2 atom stereocenters. The summed E-state index contributed by atoms with van der Waals surface area (Å²) in [5.41, 5.74) is 0. The van der Waals surface area contributed by atoms with Gasteiger partial charge in [0.2, 0.25) is 0 Å². The third-order valence-corrected chi connectivity index (χ3v) is 6.65. The van der Waals surface area contributed by atoms with Crippen LogP contribution in [0, 0.1) is 0 Å². The molecule has 0 aromatic heterocycles. The number of aliphatic imine (C=N–C) groups is 1. The molecule has 0 radical (unpaired) electrons. The van der Waals surface area contributed by atoms with Gasteiger partial charge in [0.1, 0.15) is 0 Å². The van der Waals surface area contributed by atoms with Crippen molar-refractivity contribution in [2.75, 3.05) is 19.3 Å². The lowest BCUT2D eigenvalue weighted by atomic mass is 10.1. The van der Waals surface area contributed by atoms with Crippen molar-refractivity contribution < 1.29 is 9.59 Å². The van der Waals surface area contributed by atoms with E-state index in [0.29, 0.717) is 0 Å². The topological polar surface area (TPSA) is 65.0 Å². The van der Waals surface area contributed by atoms with E-state index in [1.807, 2.05) is 0 Å². The highest BCUT2D eigenvalue weighted by Crippen LogP contribution is 2.29. The highest BCUT2D eigenvalue weighted by Gasteiger charge is 2.48. The van der Waals surface area contributed by atoms with Gasteiger partial charge in [-0.25, -0.2) is 9.79 Å². The number of thioether (sulfide) groups is 1. The zero-order valence-electron chi connectivity index (χ0n) is 17.9. The van der Waals surface area contributed by atoms with Gasteiger partial charge in [-0.3, -0.25) is 10.1 Å². The van der Waals surface area contributed by atoms with E-state index in [4.69, 9.17) is 4.99 Å². The molecule has 2 aliphatic rings. The summed E-state index contributed by atoms with van der Waals surface area (Å²) in [5.74, 6) is 0.805. The molecule has 0 aromatic carbocycles. The average molecular weight is 411 g/mol. The van der Waals surface area contributed by atoms with Crippen LogP contribution < -0.4 is 5.32 Å². The molecule has 0 aromatic rings. The first-order valence-corrected chi connectivity index (χ1v) is 12.1. The molecule has 7 heteroatoms. The maximum atomic E-state index is 12.5. The Labute approximate surface area is 174 Å². The van der Waals surface area contributed by atoms with Gasteiger partial charge in [0.25, 0.3) is 5.91 Å². The number of amides is 3. The van der Waals surface area contributed by atoms with Gasteiger partial charge in [-0.2, -0.15) is 0 Å². The number of nitrogens with one attached hydrogen (secondary N) is 1. The van der Waals surface area contributed by atoms with E-state index in [2.05, 4.69) is 24.1 Å². The maximum Gasteiger partial charge on any atom is 0.325 e. The van der Waals surface area contributed by atoms with Gasteiger partial charge < -0.3 is 9.80 Å². The van der Waals surface area contributed by atoms with Gasteiger partial charge in [-0.15, -0.1) is 0 Å². The van der Waals surface area contributed by atoms with Crippen LogP contribution in [0.4, 0.5) is 4.79 Å². The molecular formula is C21H38N4O2S. The molecule has 1 fully saturated rings. The second kappa shape index (κ2) is 12.3. The predicted molar refractivity (Wildman–Crippen MR) is 118 cm³/mol. The van der Waals surface area contributed by atoms with Crippen LogP contribution in [0.3, 0.4) is 0 Å². The van der Waals surface area contributed by atoms with Crippen LogP contribution >= 0.6 is 11.8 Å². The summed E-state index contributed by atoms with van der Waals surface area (Å²) in [6.07, 6.45) is 13.3. The molecule has 1 saturated heterocycles. The number of hydrogen-bond acceptors (Lipinski definition) is 5. The van der Waals surface area contributed by atoms with Gasteiger partial charge >= 0.3 is 6.03 Å². The summed E-state index contributed by atoms with van der Waals surface area (Å²) in [7, 11) is 1.72. The number of carbonyl (C=O) groups is 2. The van der Waals surface area contributed by atoms with Crippen LogP contribution in [0.5, 0.6) is 0 Å². The molecule has 160 valence electrons. The Balaban J connectivity index is 1.87. The lowest BCUT2D eigenvalue weighted by Gasteiger charge is -2.36. The largest absolute Gasteiger partial charge is 0.336 e. The van der Waals surface area contributed by atoms with E-state index in [9.17, 15) is 9.59 Å². The molecule has 2 unspecified atom stereocenters. The zero-order valence-corrected chi connectivity index (χ0v) is 18.7. The summed E-state index contributed by atoms with van der Waals surface area (Å²) in [5, 5.41) is 3.42. The van der Waals surface area contributed by atoms with E-state index < -0.39 is 0 Å². The molecule has 28 heavy (non-hydrogen) atoms. The molecule has 1 N–H and O–H groups in total. The summed E-state index contributed by atoms with van der Waals surface area (Å²) < 4.78 is 0. The highest BCUT2D eigenvalue weighted by atomic mass is 32.2. The Morgan fingerprint density at radius 3 is 2.21 bits per heavy atom. The number of carbonyl (C=O) groups excluding carboxylic acids is 2. The molecule has 0 aliphatic carbocycles. The number of urea groups is 1. The van der Waals surface area contributed by atoms with Crippen molar-refractivity contribution in [3.63, 3.8) is 0 Å². The minimum Gasteiger partial charge on any atom is -0.336 e. The Kier molecular flexibility index (Phi) is 10.2. The standard InChI is InChI=1S/C21H38N4O2S/c1-4-6-8-9-10-11-12-13-15-25-17-18(24(3)20(27)23-19(17)26)22-21(25)28-16-14-7-5-2/h17-18H,4-16H2,1-3H3,(H,23,26,27). The normalized spacial score (nSPS) is 21.8. The number of unbranched alkanes of at least 4 members (excludes halogenated alkanes) is 9. The maximum absolute atomic E-state index is 12.5. The minimum atomic E-state index is -0.385. The Morgan fingerprint density at radius 2 is 1.54 bits per heavy atom. The fraction of sp³-hybridized carbons (Fsp3) is 0.857. The third-order valence-electron chi connectivity index (χ3n) is 5.55. The van der Waals surface area contributed by atoms with Crippen molar-refractivity contribution in [3.8, 4) is 0 Å². The summed E-state index contributed by atoms with van der Waals surface area (Å²) in [6, 6.07) is -0.722. The predicted octanol–water partition coefficient (Wildman–Crippen LogP) is 4.60. The molecule has 0 spiro atoms. The Bertz CT molecular complexity index is 540. The van der Waals surface area contributed by atoms with Crippen molar-refractivity contribution in [1.82, 2.24) is 15.1 Å². The minimum absolute atomic E-state index is 0.208. The van der Waals surface area contributed by atoms with Crippen molar-refractivity contribution >= 4 is 28.9 Å². The summed E-state index contributed by atoms with van der Waals surface area (Å²) >= 11 is 1.74. The van der Waals surface area contributed by atoms with Crippen LogP contribution in [0.15, 0.2) is 4.99 Å². The fourth-order valence-electron chi connectivity index (χ4n) is 3.79. The number of fused-ring (bicyclic) bond motifs is 1.